The number of carbonyl (C=O) groups is 1. The van der Waals surface area contributed by atoms with Gasteiger partial charge in [-0.05, 0) is 18.9 Å². The Balaban J connectivity index is 2.00. The number of amides is 1. The van der Waals surface area contributed by atoms with E-state index in [4.69, 9.17) is 0 Å². The molecule has 100 valence electrons. The van der Waals surface area contributed by atoms with Crippen LogP contribution in [-0.4, -0.2) is 21.7 Å². The molecule has 4 nitrogen and oxygen atoms in total. The van der Waals surface area contributed by atoms with Crippen molar-refractivity contribution < 1.29 is 4.79 Å². The molecule has 1 heterocycles. The molecule has 0 radical (unpaired) electrons. The topological polar surface area (TPSA) is 46.9 Å². The van der Waals surface area contributed by atoms with Gasteiger partial charge in [-0.3, -0.25) is 9.48 Å². The highest BCUT2D eigenvalue weighted by Gasteiger charge is 2.08. The van der Waals surface area contributed by atoms with Crippen molar-refractivity contribution in [1.29, 1.82) is 0 Å². The summed E-state index contributed by atoms with van der Waals surface area (Å²) in [6.07, 6.45) is 4.61. The van der Waals surface area contributed by atoms with Gasteiger partial charge < -0.3 is 5.32 Å². The highest BCUT2D eigenvalue weighted by Crippen LogP contribution is 2.17. The van der Waals surface area contributed by atoms with E-state index >= 15 is 0 Å². The predicted octanol–water partition coefficient (Wildman–Crippen LogP) is 2.46. The lowest BCUT2D eigenvalue weighted by Gasteiger charge is -2.10. The van der Waals surface area contributed by atoms with Gasteiger partial charge in [-0.1, -0.05) is 37.3 Å². The second kappa shape index (κ2) is 6.18. The van der Waals surface area contributed by atoms with Crippen LogP contribution in [0.4, 0.5) is 0 Å². The van der Waals surface area contributed by atoms with Crippen LogP contribution in [-0.2, 0) is 11.3 Å². The van der Waals surface area contributed by atoms with Crippen LogP contribution in [0.1, 0.15) is 20.3 Å². The first kappa shape index (κ1) is 13.3. The molecule has 1 aromatic carbocycles. The minimum absolute atomic E-state index is 0.00272. The molecule has 0 bridgehead atoms. The van der Waals surface area contributed by atoms with Crippen molar-refractivity contribution in [3.05, 3.63) is 42.7 Å². The maximum atomic E-state index is 11.8. The van der Waals surface area contributed by atoms with Gasteiger partial charge in [0.25, 0.3) is 0 Å². The summed E-state index contributed by atoms with van der Waals surface area (Å²) in [5.41, 5.74) is 2.13. The number of hydrogen-bond acceptors (Lipinski definition) is 2. The lowest BCUT2D eigenvalue weighted by Crippen LogP contribution is -2.34. The number of nitrogens with zero attached hydrogens (tertiary/aromatic N) is 2. The number of carbonyl (C=O) groups excluding carboxylic acids is 1. The smallest absolute Gasteiger partial charge is 0.241 e. The van der Waals surface area contributed by atoms with Crippen molar-refractivity contribution in [2.75, 3.05) is 0 Å². The molecule has 1 aromatic heterocycles. The van der Waals surface area contributed by atoms with Gasteiger partial charge in [-0.15, -0.1) is 0 Å². The summed E-state index contributed by atoms with van der Waals surface area (Å²) in [6, 6.07) is 10.2. The molecule has 0 saturated carbocycles. The number of aromatic nitrogens is 2. The molecule has 1 N–H and O–H groups in total. The first-order valence-electron chi connectivity index (χ1n) is 6.56. The van der Waals surface area contributed by atoms with Gasteiger partial charge in [0.1, 0.15) is 6.54 Å². The average molecular weight is 257 g/mol. The lowest BCUT2D eigenvalue weighted by atomic mass is 10.1. The fourth-order valence-electron chi connectivity index (χ4n) is 1.80. The first-order chi connectivity index (χ1) is 9.19. The number of benzene rings is 1. The summed E-state index contributed by atoms with van der Waals surface area (Å²) in [5, 5.41) is 7.15. The highest BCUT2D eigenvalue weighted by molar-refractivity contribution is 5.76. The zero-order valence-corrected chi connectivity index (χ0v) is 11.3. The summed E-state index contributed by atoms with van der Waals surface area (Å²) >= 11 is 0. The average Bonchev–Trinajstić information content (AvgIpc) is 2.88. The van der Waals surface area contributed by atoms with E-state index in [0.717, 1.165) is 17.5 Å². The van der Waals surface area contributed by atoms with E-state index in [1.807, 2.05) is 50.4 Å². The largest absolute Gasteiger partial charge is 0.352 e. The Kier molecular flexibility index (Phi) is 4.34. The molecule has 4 heteroatoms. The monoisotopic (exact) mass is 257 g/mol. The normalized spacial score (nSPS) is 12.1. The van der Waals surface area contributed by atoms with E-state index in [1.54, 1.807) is 10.9 Å². The number of rotatable bonds is 5. The Morgan fingerprint density at radius 3 is 2.74 bits per heavy atom. The second-order valence-electron chi connectivity index (χ2n) is 4.67. The Bertz CT molecular complexity index is 533. The van der Waals surface area contributed by atoms with Gasteiger partial charge in [-0.25, -0.2) is 0 Å². The van der Waals surface area contributed by atoms with Gasteiger partial charge in [0.05, 0.1) is 6.20 Å². The zero-order chi connectivity index (χ0) is 13.7. The SMILES string of the molecule is CC[C@@H](C)NC(=O)Cn1cc(-c2ccccc2)cn1. The van der Waals surface area contributed by atoms with Gasteiger partial charge >= 0.3 is 0 Å². The maximum absolute atomic E-state index is 11.8. The standard InChI is InChI=1S/C15H19N3O/c1-3-12(2)17-15(19)11-18-10-14(9-16-18)13-7-5-4-6-8-13/h4-10,12H,3,11H2,1-2H3,(H,17,19)/t12-/m1/s1. The van der Waals surface area contributed by atoms with Crippen LogP contribution in [0.15, 0.2) is 42.7 Å². The van der Waals surface area contributed by atoms with Gasteiger partial charge in [0.15, 0.2) is 0 Å². The quantitative estimate of drug-likeness (QED) is 0.894. The van der Waals surface area contributed by atoms with E-state index in [1.165, 1.54) is 0 Å². The fourth-order valence-corrected chi connectivity index (χ4v) is 1.80. The van der Waals surface area contributed by atoms with Gasteiger partial charge in [0.2, 0.25) is 5.91 Å². The number of nitrogens with one attached hydrogen (secondary N) is 1. The Morgan fingerprint density at radius 2 is 2.05 bits per heavy atom. The molecule has 0 aliphatic rings. The van der Waals surface area contributed by atoms with Crippen LogP contribution in [0.5, 0.6) is 0 Å². The van der Waals surface area contributed by atoms with Gasteiger partial charge in [0, 0.05) is 17.8 Å². The first-order valence-corrected chi connectivity index (χ1v) is 6.56. The van der Waals surface area contributed by atoms with E-state index < -0.39 is 0 Å². The molecular formula is C15H19N3O. The third kappa shape index (κ3) is 3.68. The minimum atomic E-state index is -0.00272. The van der Waals surface area contributed by atoms with E-state index in [-0.39, 0.29) is 18.5 Å². The Labute approximate surface area is 113 Å². The van der Waals surface area contributed by atoms with Crippen LogP contribution < -0.4 is 5.32 Å². The van der Waals surface area contributed by atoms with Crippen molar-refractivity contribution in [3.8, 4) is 11.1 Å². The molecule has 0 spiro atoms. The van der Waals surface area contributed by atoms with E-state index in [2.05, 4.69) is 10.4 Å². The van der Waals surface area contributed by atoms with Crippen molar-refractivity contribution in [3.63, 3.8) is 0 Å². The third-order valence-electron chi connectivity index (χ3n) is 3.07. The second-order valence-corrected chi connectivity index (χ2v) is 4.67. The molecule has 0 unspecified atom stereocenters. The van der Waals surface area contributed by atoms with Crippen molar-refractivity contribution >= 4 is 5.91 Å². The molecule has 2 rings (SSSR count). The molecule has 2 aromatic rings. The predicted molar refractivity (Wildman–Crippen MR) is 75.6 cm³/mol. The summed E-state index contributed by atoms with van der Waals surface area (Å²) < 4.78 is 1.67. The fraction of sp³-hybridized carbons (Fsp3) is 0.333. The van der Waals surface area contributed by atoms with Gasteiger partial charge in [-0.2, -0.15) is 5.10 Å². The summed E-state index contributed by atoms with van der Waals surface area (Å²) in [7, 11) is 0. The summed E-state index contributed by atoms with van der Waals surface area (Å²) in [6.45, 7) is 4.31. The number of hydrogen-bond donors (Lipinski definition) is 1. The molecular weight excluding hydrogens is 238 g/mol. The Hall–Kier alpha value is -2.10. The minimum Gasteiger partial charge on any atom is -0.352 e. The maximum Gasteiger partial charge on any atom is 0.241 e. The van der Waals surface area contributed by atoms with Crippen LogP contribution >= 0.6 is 0 Å². The summed E-state index contributed by atoms with van der Waals surface area (Å²) in [4.78, 5) is 11.8. The molecule has 0 aliphatic heterocycles. The zero-order valence-electron chi connectivity index (χ0n) is 11.3. The Morgan fingerprint density at radius 1 is 1.32 bits per heavy atom. The van der Waals surface area contributed by atoms with E-state index in [0.29, 0.717) is 0 Å². The molecule has 1 atom stereocenters. The van der Waals surface area contributed by atoms with Crippen LogP contribution in [0.3, 0.4) is 0 Å². The van der Waals surface area contributed by atoms with Crippen LogP contribution in [0.2, 0.25) is 0 Å². The van der Waals surface area contributed by atoms with Crippen molar-refractivity contribution in [2.45, 2.75) is 32.9 Å². The lowest BCUT2D eigenvalue weighted by molar-refractivity contribution is -0.122. The molecule has 1 amide bonds. The summed E-state index contributed by atoms with van der Waals surface area (Å²) in [5.74, 6) is -0.00272. The molecule has 0 fully saturated rings. The molecule has 19 heavy (non-hydrogen) atoms. The molecule has 0 saturated heterocycles. The molecule has 0 aliphatic carbocycles. The third-order valence-corrected chi connectivity index (χ3v) is 3.07. The van der Waals surface area contributed by atoms with E-state index in [9.17, 15) is 4.79 Å². The highest BCUT2D eigenvalue weighted by atomic mass is 16.2. The van der Waals surface area contributed by atoms with Crippen LogP contribution in [0, 0.1) is 0 Å². The van der Waals surface area contributed by atoms with Crippen molar-refractivity contribution in [1.82, 2.24) is 15.1 Å². The van der Waals surface area contributed by atoms with Crippen molar-refractivity contribution in [2.24, 2.45) is 0 Å². The van der Waals surface area contributed by atoms with Crippen LogP contribution in [0.25, 0.3) is 11.1 Å².